The van der Waals surface area contributed by atoms with Crippen LogP contribution in [0.4, 0.5) is 5.69 Å². The second kappa shape index (κ2) is 6.04. The van der Waals surface area contributed by atoms with E-state index in [0.29, 0.717) is 5.69 Å². The number of piperidine rings is 1. The fourth-order valence-electron chi connectivity index (χ4n) is 2.07. The molecule has 0 aliphatic carbocycles. The third-order valence-electron chi connectivity index (χ3n) is 3.09. The Balaban J connectivity index is 2.08. The van der Waals surface area contributed by atoms with Crippen LogP contribution in [-0.2, 0) is 4.79 Å². The number of carboxylic acid groups (broad SMARTS) is 1. The Hall–Kier alpha value is -1.59. The first-order chi connectivity index (χ1) is 9.08. The summed E-state index contributed by atoms with van der Waals surface area (Å²) in [5.41, 5.74) is 0.426. The molecule has 1 heterocycles. The average Bonchev–Trinajstić information content (AvgIpc) is 2.41. The number of hydrogen-bond donors (Lipinski definition) is 3. The molecule has 0 aromatic heterocycles. The SMILES string of the molecule is O=C(O)c1cc(NC(=O)C2CCCCN2)ccc1Cl. The number of rotatable bonds is 3. The van der Waals surface area contributed by atoms with Crippen LogP contribution in [0.1, 0.15) is 29.6 Å². The molecule has 19 heavy (non-hydrogen) atoms. The summed E-state index contributed by atoms with van der Waals surface area (Å²) in [4.78, 5) is 22.9. The summed E-state index contributed by atoms with van der Waals surface area (Å²) in [6, 6.07) is 4.22. The Morgan fingerprint density at radius 1 is 1.37 bits per heavy atom. The summed E-state index contributed by atoms with van der Waals surface area (Å²) >= 11 is 5.77. The lowest BCUT2D eigenvalue weighted by Gasteiger charge is -2.22. The van der Waals surface area contributed by atoms with Crippen LogP contribution in [0.25, 0.3) is 0 Å². The van der Waals surface area contributed by atoms with Crippen LogP contribution in [0, 0.1) is 0 Å². The molecule has 1 aromatic rings. The first-order valence-corrected chi connectivity index (χ1v) is 6.53. The highest BCUT2D eigenvalue weighted by molar-refractivity contribution is 6.33. The quantitative estimate of drug-likeness (QED) is 0.793. The van der Waals surface area contributed by atoms with E-state index in [1.807, 2.05) is 0 Å². The maximum Gasteiger partial charge on any atom is 0.337 e. The fourth-order valence-corrected chi connectivity index (χ4v) is 2.27. The Morgan fingerprint density at radius 2 is 2.16 bits per heavy atom. The first kappa shape index (κ1) is 13.8. The molecule has 1 atom stereocenters. The molecule has 102 valence electrons. The smallest absolute Gasteiger partial charge is 0.337 e. The second-order valence-electron chi connectivity index (χ2n) is 4.49. The zero-order valence-corrected chi connectivity index (χ0v) is 11.0. The lowest BCUT2D eigenvalue weighted by Crippen LogP contribution is -2.43. The van der Waals surface area contributed by atoms with Gasteiger partial charge in [0, 0.05) is 5.69 Å². The molecule has 6 heteroatoms. The van der Waals surface area contributed by atoms with Crippen LogP contribution in [0.2, 0.25) is 5.02 Å². The minimum absolute atomic E-state index is 0.0175. The van der Waals surface area contributed by atoms with Crippen molar-refractivity contribution in [3.05, 3.63) is 28.8 Å². The molecule has 1 saturated heterocycles. The first-order valence-electron chi connectivity index (χ1n) is 6.15. The Bertz CT molecular complexity index is 499. The van der Waals surface area contributed by atoms with Gasteiger partial charge in [-0.25, -0.2) is 4.79 Å². The van der Waals surface area contributed by atoms with E-state index < -0.39 is 5.97 Å². The molecular weight excluding hydrogens is 268 g/mol. The van der Waals surface area contributed by atoms with Crippen molar-refractivity contribution in [3.8, 4) is 0 Å². The number of carboxylic acids is 1. The van der Waals surface area contributed by atoms with Gasteiger partial charge >= 0.3 is 5.97 Å². The predicted octanol–water partition coefficient (Wildman–Crippen LogP) is 2.12. The van der Waals surface area contributed by atoms with Crippen molar-refractivity contribution in [1.29, 1.82) is 0 Å². The van der Waals surface area contributed by atoms with Gasteiger partial charge in [0.15, 0.2) is 0 Å². The van der Waals surface area contributed by atoms with E-state index in [1.165, 1.54) is 12.1 Å². The molecular formula is C13H15ClN2O3. The second-order valence-corrected chi connectivity index (χ2v) is 4.90. The van der Waals surface area contributed by atoms with Crippen molar-refractivity contribution < 1.29 is 14.7 Å². The average molecular weight is 283 g/mol. The minimum atomic E-state index is -1.11. The van der Waals surface area contributed by atoms with Crippen molar-refractivity contribution in [2.45, 2.75) is 25.3 Å². The van der Waals surface area contributed by atoms with Gasteiger partial charge in [-0.3, -0.25) is 4.79 Å². The minimum Gasteiger partial charge on any atom is -0.478 e. The van der Waals surface area contributed by atoms with Crippen molar-refractivity contribution in [2.75, 3.05) is 11.9 Å². The van der Waals surface area contributed by atoms with Gasteiger partial charge in [-0.05, 0) is 37.6 Å². The Kier molecular flexibility index (Phi) is 4.39. The molecule has 1 aliphatic heterocycles. The zero-order chi connectivity index (χ0) is 13.8. The molecule has 0 bridgehead atoms. The maximum atomic E-state index is 12.0. The largest absolute Gasteiger partial charge is 0.478 e. The van der Waals surface area contributed by atoms with Gasteiger partial charge in [-0.1, -0.05) is 18.0 Å². The van der Waals surface area contributed by atoms with E-state index >= 15 is 0 Å². The normalized spacial score (nSPS) is 18.9. The van der Waals surface area contributed by atoms with Crippen LogP contribution >= 0.6 is 11.6 Å². The summed E-state index contributed by atoms with van der Waals surface area (Å²) in [6.07, 6.45) is 2.89. The number of carbonyl (C=O) groups is 2. The molecule has 2 rings (SSSR count). The third kappa shape index (κ3) is 3.45. The van der Waals surface area contributed by atoms with E-state index in [4.69, 9.17) is 16.7 Å². The van der Waals surface area contributed by atoms with Crippen LogP contribution in [0.5, 0.6) is 0 Å². The van der Waals surface area contributed by atoms with E-state index in [9.17, 15) is 9.59 Å². The summed E-state index contributed by atoms with van der Waals surface area (Å²) in [5.74, 6) is -1.25. The molecule has 1 aromatic carbocycles. The van der Waals surface area contributed by atoms with Gasteiger partial charge in [0.2, 0.25) is 5.91 Å². The number of amides is 1. The van der Waals surface area contributed by atoms with Crippen LogP contribution in [0.3, 0.4) is 0 Å². The number of aromatic carboxylic acids is 1. The number of benzene rings is 1. The molecule has 0 spiro atoms. The van der Waals surface area contributed by atoms with E-state index in [1.54, 1.807) is 6.07 Å². The van der Waals surface area contributed by atoms with E-state index in [-0.39, 0.29) is 22.5 Å². The monoisotopic (exact) mass is 282 g/mol. The van der Waals surface area contributed by atoms with E-state index in [0.717, 1.165) is 25.8 Å². The number of carbonyl (C=O) groups excluding carboxylic acids is 1. The standard InChI is InChI=1S/C13H15ClN2O3/c14-10-5-4-8(7-9(10)13(18)19)16-12(17)11-3-1-2-6-15-11/h4-5,7,11,15H,1-3,6H2,(H,16,17)(H,18,19). The van der Waals surface area contributed by atoms with Crippen molar-refractivity contribution >= 4 is 29.2 Å². The number of anilines is 1. The van der Waals surface area contributed by atoms with Gasteiger partial charge in [-0.15, -0.1) is 0 Å². The highest BCUT2D eigenvalue weighted by atomic mass is 35.5. The third-order valence-corrected chi connectivity index (χ3v) is 3.42. The topological polar surface area (TPSA) is 78.4 Å². The van der Waals surface area contributed by atoms with Gasteiger partial charge in [0.25, 0.3) is 0 Å². The van der Waals surface area contributed by atoms with Crippen molar-refractivity contribution in [1.82, 2.24) is 5.32 Å². The molecule has 0 radical (unpaired) electrons. The molecule has 1 aliphatic rings. The molecule has 3 N–H and O–H groups in total. The fraction of sp³-hybridized carbons (Fsp3) is 0.385. The summed E-state index contributed by atoms with van der Waals surface area (Å²) < 4.78 is 0. The number of hydrogen-bond acceptors (Lipinski definition) is 3. The maximum absolute atomic E-state index is 12.0. The van der Waals surface area contributed by atoms with Gasteiger partial charge in [0.1, 0.15) is 0 Å². The van der Waals surface area contributed by atoms with Crippen LogP contribution < -0.4 is 10.6 Å². The van der Waals surface area contributed by atoms with Gasteiger partial charge in [0.05, 0.1) is 16.6 Å². The molecule has 1 fully saturated rings. The lowest BCUT2D eigenvalue weighted by atomic mass is 10.0. The highest BCUT2D eigenvalue weighted by Crippen LogP contribution is 2.21. The van der Waals surface area contributed by atoms with Gasteiger partial charge < -0.3 is 15.7 Å². The van der Waals surface area contributed by atoms with Crippen molar-refractivity contribution in [2.24, 2.45) is 0 Å². The molecule has 0 saturated carbocycles. The summed E-state index contributed by atoms with van der Waals surface area (Å²) in [5, 5.41) is 15.0. The summed E-state index contributed by atoms with van der Waals surface area (Å²) in [6.45, 7) is 0.832. The highest BCUT2D eigenvalue weighted by Gasteiger charge is 2.20. The zero-order valence-electron chi connectivity index (χ0n) is 10.3. The van der Waals surface area contributed by atoms with Crippen molar-refractivity contribution in [3.63, 3.8) is 0 Å². The Labute approximate surface area is 116 Å². The number of nitrogens with one attached hydrogen (secondary N) is 2. The van der Waals surface area contributed by atoms with E-state index in [2.05, 4.69) is 10.6 Å². The van der Waals surface area contributed by atoms with Gasteiger partial charge in [-0.2, -0.15) is 0 Å². The molecule has 5 nitrogen and oxygen atoms in total. The predicted molar refractivity (Wildman–Crippen MR) is 72.7 cm³/mol. The Morgan fingerprint density at radius 3 is 2.79 bits per heavy atom. The summed E-state index contributed by atoms with van der Waals surface area (Å²) in [7, 11) is 0. The molecule has 1 unspecified atom stereocenters. The lowest BCUT2D eigenvalue weighted by molar-refractivity contribution is -0.118. The molecule has 1 amide bonds. The number of halogens is 1. The van der Waals surface area contributed by atoms with Crippen LogP contribution in [0.15, 0.2) is 18.2 Å². The van der Waals surface area contributed by atoms with Crippen LogP contribution in [-0.4, -0.2) is 29.6 Å².